The summed E-state index contributed by atoms with van der Waals surface area (Å²) in [5.41, 5.74) is 13.7. The number of thiophene rings is 1. The van der Waals surface area contributed by atoms with Gasteiger partial charge >= 0.3 is 0 Å². The molecule has 0 bridgehead atoms. The van der Waals surface area contributed by atoms with Gasteiger partial charge < -0.3 is 4.57 Å². The van der Waals surface area contributed by atoms with Gasteiger partial charge in [-0.05, 0) is 71.3 Å². The first-order chi connectivity index (χ1) is 27.7. The molecule has 0 N–H and O–H groups in total. The van der Waals surface area contributed by atoms with E-state index in [-0.39, 0.29) is 0 Å². The molecule has 0 unspecified atom stereocenters. The number of pyridine rings is 1. The van der Waals surface area contributed by atoms with E-state index in [0.717, 1.165) is 67.0 Å². The maximum Gasteiger partial charge on any atom is 0.160 e. The highest BCUT2D eigenvalue weighted by atomic mass is 32.1. The Hall–Kier alpha value is -7.21. The van der Waals surface area contributed by atoms with Crippen molar-refractivity contribution in [2.45, 2.75) is 0 Å². The van der Waals surface area contributed by atoms with Crippen LogP contribution in [0.3, 0.4) is 0 Å². The second-order valence-electron chi connectivity index (χ2n) is 14.0. The summed E-state index contributed by atoms with van der Waals surface area (Å²) >= 11 is 1.80. The van der Waals surface area contributed by atoms with Gasteiger partial charge in [0.15, 0.2) is 5.82 Å². The quantitative estimate of drug-likeness (QED) is 0.171. The molecule has 56 heavy (non-hydrogen) atoms. The van der Waals surface area contributed by atoms with Crippen molar-refractivity contribution in [2.24, 2.45) is 0 Å². The zero-order valence-electron chi connectivity index (χ0n) is 30.2. The Morgan fingerprint density at radius 2 is 0.982 bits per heavy atom. The molecule has 0 fully saturated rings. The van der Waals surface area contributed by atoms with Crippen molar-refractivity contribution in [1.82, 2.24) is 19.5 Å². The second kappa shape index (κ2) is 13.3. The Morgan fingerprint density at radius 3 is 1.73 bits per heavy atom. The lowest BCUT2D eigenvalue weighted by Crippen LogP contribution is -1.99. The van der Waals surface area contributed by atoms with Crippen molar-refractivity contribution >= 4 is 53.4 Å². The highest BCUT2D eigenvalue weighted by Crippen LogP contribution is 2.42. The fourth-order valence-electron chi connectivity index (χ4n) is 8.02. The first-order valence-electron chi connectivity index (χ1n) is 18.8. The Kier molecular flexibility index (Phi) is 7.64. The summed E-state index contributed by atoms with van der Waals surface area (Å²) in [7, 11) is 0. The fraction of sp³-hybridized carbons (Fsp3) is 0. The van der Waals surface area contributed by atoms with Gasteiger partial charge in [0, 0.05) is 55.0 Å². The molecular formula is C51H32N4S. The van der Waals surface area contributed by atoms with E-state index in [4.69, 9.17) is 15.0 Å². The molecule has 0 saturated heterocycles. The lowest BCUT2D eigenvalue weighted by atomic mass is 9.98. The SMILES string of the molecule is c1ccc(-c2cccc(-c3cc(-c4cc(-c5ccnc6c5sc5ccccc56)cc(-n5c6ccccc6c6ccccc65)c4)nc(-c4ccccc4)n3)c2)cc1. The van der Waals surface area contributed by atoms with Gasteiger partial charge in [-0.2, -0.15) is 0 Å². The number of nitrogens with zero attached hydrogens (tertiary/aromatic N) is 4. The van der Waals surface area contributed by atoms with Crippen LogP contribution in [0.2, 0.25) is 0 Å². The summed E-state index contributed by atoms with van der Waals surface area (Å²) in [5, 5.41) is 3.62. The molecule has 0 spiro atoms. The number of hydrogen-bond donors (Lipinski definition) is 0. The monoisotopic (exact) mass is 732 g/mol. The van der Waals surface area contributed by atoms with E-state index in [2.05, 4.69) is 174 Å². The van der Waals surface area contributed by atoms with Crippen LogP contribution in [0.4, 0.5) is 0 Å². The lowest BCUT2D eigenvalue weighted by molar-refractivity contribution is 1.16. The Morgan fingerprint density at radius 1 is 0.411 bits per heavy atom. The van der Waals surface area contributed by atoms with Gasteiger partial charge in [-0.1, -0.05) is 133 Å². The van der Waals surface area contributed by atoms with Gasteiger partial charge in [0.1, 0.15) is 0 Å². The number of hydrogen-bond acceptors (Lipinski definition) is 4. The third-order valence-corrected chi connectivity index (χ3v) is 11.8. The number of fused-ring (bicyclic) bond motifs is 6. The molecule has 0 radical (unpaired) electrons. The molecule has 0 aliphatic carbocycles. The minimum Gasteiger partial charge on any atom is -0.309 e. The predicted molar refractivity (Wildman–Crippen MR) is 234 cm³/mol. The molecular weight excluding hydrogens is 701 g/mol. The average Bonchev–Trinajstić information content (AvgIpc) is 3.83. The topological polar surface area (TPSA) is 43.6 Å². The number of benzene rings is 7. The Balaban J connectivity index is 1.19. The lowest BCUT2D eigenvalue weighted by Gasteiger charge is -2.15. The van der Waals surface area contributed by atoms with Gasteiger partial charge in [-0.3, -0.25) is 4.98 Å². The normalized spacial score (nSPS) is 11.6. The molecule has 0 saturated carbocycles. The van der Waals surface area contributed by atoms with Crippen LogP contribution in [0.5, 0.6) is 0 Å². The molecule has 5 heteroatoms. The maximum atomic E-state index is 5.33. The zero-order valence-corrected chi connectivity index (χ0v) is 31.0. The number of rotatable bonds is 6. The van der Waals surface area contributed by atoms with Crippen LogP contribution in [0.25, 0.3) is 104 Å². The predicted octanol–water partition coefficient (Wildman–Crippen LogP) is 13.7. The van der Waals surface area contributed by atoms with Crippen LogP contribution in [0, 0.1) is 0 Å². The largest absolute Gasteiger partial charge is 0.309 e. The highest BCUT2D eigenvalue weighted by Gasteiger charge is 2.19. The van der Waals surface area contributed by atoms with E-state index < -0.39 is 0 Å². The van der Waals surface area contributed by atoms with Gasteiger partial charge in [0.25, 0.3) is 0 Å². The van der Waals surface area contributed by atoms with E-state index in [9.17, 15) is 0 Å². The van der Waals surface area contributed by atoms with Crippen LogP contribution in [0.15, 0.2) is 194 Å². The third-order valence-electron chi connectivity index (χ3n) is 10.6. The van der Waals surface area contributed by atoms with Crippen LogP contribution < -0.4 is 0 Å². The van der Waals surface area contributed by atoms with E-state index in [1.165, 1.54) is 31.1 Å². The van der Waals surface area contributed by atoms with Gasteiger partial charge in [-0.25, -0.2) is 9.97 Å². The van der Waals surface area contributed by atoms with Crippen molar-refractivity contribution in [3.63, 3.8) is 0 Å². The first-order valence-corrected chi connectivity index (χ1v) is 19.6. The molecule has 11 rings (SSSR count). The fourth-order valence-corrected chi connectivity index (χ4v) is 9.22. The molecule has 0 aliphatic heterocycles. The summed E-state index contributed by atoms with van der Waals surface area (Å²) in [4.78, 5) is 15.4. The van der Waals surface area contributed by atoms with E-state index in [0.29, 0.717) is 5.82 Å². The molecule has 4 nitrogen and oxygen atoms in total. The Labute approximate surface area is 327 Å². The molecule has 11 aromatic rings. The first kappa shape index (κ1) is 32.2. The molecule has 7 aromatic carbocycles. The van der Waals surface area contributed by atoms with Crippen LogP contribution in [-0.4, -0.2) is 19.5 Å². The van der Waals surface area contributed by atoms with E-state index in [1.807, 2.05) is 24.4 Å². The summed E-state index contributed by atoms with van der Waals surface area (Å²) in [6.07, 6.45) is 1.94. The van der Waals surface area contributed by atoms with Gasteiger partial charge in [-0.15, -0.1) is 11.3 Å². The van der Waals surface area contributed by atoms with Crippen LogP contribution >= 0.6 is 11.3 Å². The van der Waals surface area contributed by atoms with Crippen LogP contribution in [0.1, 0.15) is 0 Å². The second-order valence-corrected chi connectivity index (χ2v) is 15.1. The molecule has 0 amide bonds. The van der Waals surface area contributed by atoms with Crippen molar-refractivity contribution in [2.75, 3.05) is 0 Å². The van der Waals surface area contributed by atoms with Gasteiger partial charge in [0.2, 0.25) is 0 Å². The minimum atomic E-state index is 0.683. The smallest absolute Gasteiger partial charge is 0.160 e. The van der Waals surface area contributed by atoms with E-state index in [1.54, 1.807) is 11.3 Å². The molecule has 4 heterocycles. The van der Waals surface area contributed by atoms with Crippen molar-refractivity contribution in [3.05, 3.63) is 194 Å². The molecule has 0 atom stereocenters. The zero-order chi connectivity index (χ0) is 37.0. The van der Waals surface area contributed by atoms with Crippen LogP contribution in [-0.2, 0) is 0 Å². The van der Waals surface area contributed by atoms with Crippen molar-refractivity contribution < 1.29 is 0 Å². The average molecular weight is 733 g/mol. The van der Waals surface area contributed by atoms with Gasteiger partial charge in [0.05, 0.1) is 32.6 Å². The summed E-state index contributed by atoms with van der Waals surface area (Å²) < 4.78 is 4.79. The number of aromatic nitrogens is 4. The van der Waals surface area contributed by atoms with E-state index >= 15 is 0 Å². The molecule has 0 aliphatic rings. The summed E-state index contributed by atoms with van der Waals surface area (Å²) in [6, 6.07) is 66.5. The number of para-hydroxylation sites is 2. The van der Waals surface area contributed by atoms with Crippen molar-refractivity contribution in [3.8, 4) is 61.8 Å². The maximum absolute atomic E-state index is 5.33. The van der Waals surface area contributed by atoms with Crippen molar-refractivity contribution in [1.29, 1.82) is 0 Å². The summed E-state index contributed by atoms with van der Waals surface area (Å²) in [5.74, 6) is 0.683. The highest BCUT2D eigenvalue weighted by molar-refractivity contribution is 7.26. The Bertz CT molecular complexity index is 3200. The standard InChI is InChI=1S/C51H32N4S/c1-3-14-33(15-4-1)35-18-13-19-36(28-35)44-32-45(54-51(53-44)34-16-5-2-6-17-34)38-29-37(40-26-27-52-49-43-22-9-12-25-48(43)56-50(40)49)30-39(31-38)55-46-23-10-7-20-41(46)42-21-8-11-24-47(42)55/h1-32H. The minimum absolute atomic E-state index is 0.683. The summed E-state index contributed by atoms with van der Waals surface area (Å²) in [6.45, 7) is 0. The molecule has 262 valence electrons. The molecule has 4 aromatic heterocycles. The third kappa shape index (κ3) is 5.48.